The van der Waals surface area contributed by atoms with E-state index in [-0.39, 0.29) is 0 Å². The number of pyridine rings is 1. The van der Waals surface area contributed by atoms with Crippen LogP contribution in [0.5, 0.6) is 11.5 Å². The second-order valence-corrected chi connectivity index (χ2v) is 11.9. The van der Waals surface area contributed by atoms with E-state index in [1.807, 2.05) is 62.4 Å². The Balaban J connectivity index is 1.35. The lowest BCUT2D eigenvalue weighted by molar-refractivity contribution is 0.437. The molecule has 5 aromatic carbocycles. The Morgan fingerprint density at radius 3 is 1.72 bits per heavy atom. The molecule has 7 aromatic rings. The molecule has 0 saturated heterocycles. The van der Waals surface area contributed by atoms with E-state index in [1.54, 1.807) is 0 Å². The van der Waals surface area contributed by atoms with E-state index < -0.39 is 5.41 Å². The number of fused-ring (bicyclic) bond motifs is 9. The third kappa shape index (κ3) is 3.75. The van der Waals surface area contributed by atoms with Crippen molar-refractivity contribution in [3.8, 4) is 56.8 Å². The molecule has 0 atom stereocenters. The molecule has 1 spiro atoms. The summed E-state index contributed by atoms with van der Waals surface area (Å²) in [6.45, 7) is 3.99. The van der Waals surface area contributed by atoms with E-state index in [9.17, 15) is 0 Å². The van der Waals surface area contributed by atoms with Gasteiger partial charge in [0.2, 0.25) is 0 Å². The van der Waals surface area contributed by atoms with Crippen molar-refractivity contribution < 1.29 is 4.74 Å². The summed E-state index contributed by atoms with van der Waals surface area (Å²) in [6.07, 6.45) is 0. The largest absolute Gasteiger partial charge is 0.456 e. The standard InChI is InChI=1S/C41H28N4O/c1-25-23-24-28(26(2)42-25)39-43-38(27-13-4-3-5-14-27)44-40(45-39)31-17-12-21-35-37(31)46-36-22-11-10-20-34(36)41(35)32-18-8-6-15-29(32)30-16-7-9-19-33(30)41/h3-24H,1-2H3. The van der Waals surface area contributed by atoms with Crippen LogP contribution in [0.25, 0.3) is 45.3 Å². The molecule has 5 nitrogen and oxygen atoms in total. The molecule has 9 rings (SSSR count). The Morgan fingerprint density at radius 2 is 1.00 bits per heavy atom. The maximum Gasteiger partial charge on any atom is 0.167 e. The highest BCUT2D eigenvalue weighted by Crippen LogP contribution is 2.62. The SMILES string of the molecule is Cc1ccc(-c2nc(-c3ccccc3)nc(-c3cccc4c3Oc3ccccc3C43c4ccccc4-c4ccccc43)n2)c(C)n1. The fourth-order valence-electron chi connectivity index (χ4n) is 7.31. The van der Waals surface area contributed by atoms with Gasteiger partial charge < -0.3 is 4.74 Å². The summed E-state index contributed by atoms with van der Waals surface area (Å²) >= 11 is 0. The Kier molecular flexibility index (Phi) is 5.78. The van der Waals surface area contributed by atoms with E-state index in [4.69, 9.17) is 24.7 Å². The van der Waals surface area contributed by atoms with E-state index >= 15 is 0 Å². The number of ether oxygens (including phenoxy) is 1. The lowest BCUT2D eigenvalue weighted by Gasteiger charge is -2.39. The molecule has 2 aromatic heterocycles. The van der Waals surface area contributed by atoms with Gasteiger partial charge in [-0.3, -0.25) is 4.98 Å². The van der Waals surface area contributed by atoms with Crippen molar-refractivity contribution in [3.63, 3.8) is 0 Å². The number of aryl methyl sites for hydroxylation is 2. The second-order valence-electron chi connectivity index (χ2n) is 11.9. The van der Waals surface area contributed by atoms with Gasteiger partial charge in [0.15, 0.2) is 17.5 Å². The minimum atomic E-state index is -0.567. The van der Waals surface area contributed by atoms with Gasteiger partial charge >= 0.3 is 0 Å². The van der Waals surface area contributed by atoms with Crippen LogP contribution in [-0.2, 0) is 5.41 Å². The zero-order valence-corrected chi connectivity index (χ0v) is 25.4. The van der Waals surface area contributed by atoms with Crippen LogP contribution in [0.2, 0.25) is 0 Å². The molecule has 5 heteroatoms. The van der Waals surface area contributed by atoms with Gasteiger partial charge in [0, 0.05) is 33.6 Å². The van der Waals surface area contributed by atoms with Crippen LogP contribution in [0.3, 0.4) is 0 Å². The van der Waals surface area contributed by atoms with Gasteiger partial charge in [-0.2, -0.15) is 0 Å². The summed E-state index contributed by atoms with van der Waals surface area (Å²) in [7, 11) is 0. The number of aromatic nitrogens is 4. The number of hydrogen-bond donors (Lipinski definition) is 0. The Hall–Kier alpha value is -5.94. The summed E-state index contributed by atoms with van der Waals surface area (Å²) in [4.78, 5) is 19.9. The third-order valence-electron chi connectivity index (χ3n) is 9.25. The average Bonchev–Trinajstić information content (AvgIpc) is 3.39. The van der Waals surface area contributed by atoms with Crippen molar-refractivity contribution in [1.82, 2.24) is 19.9 Å². The number of benzene rings is 5. The average molecular weight is 593 g/mol. The van der Waals surface area contributed by atoms with Gasteiger partial charge in [-0.15, -0.1) is 0 Å². The molecule has 2 aliphatic rings. The van der Waals surface area contributed by atoms with Crippen molar-refractivity contribution in [2.75, 3.05) is 0 Å². The van der Waals surface area contributed by atoms with Gasteiger partial charge in [0.25, 0.3) is 0 Å². The molecular formula is C41H28N4O. The van der Waals surface area contributed by atoms with E-state index in [0.717, 1.165) is 50.7 Å². The fourth-order valence-corrected chi connectivity index (χ4v) is 7.31. The lowest BCUT2D eigenvalue weighted by atomic mass is 9.66. The first-order valence-electron chi connectivity index (χ1n) is 15.5. The van der Waals surface area contributed by atoms with E-state index in [1.165, 1.54) is 22.3 Å². The van der Waals surface area contributed by atoms with Gasteiger partial charge in [-0.25, -0.2) is 15.0 Å². The first kappa shape index (κ1) is 26.5. The summed E-state index contributed by atoms with van der Waals surface area (Å²) in [5.41, 5.74) is 11.0. The van der Waals surface area contributed by atoms with Gasteiger partial charge in [-0.1, -0.05) is 109 Å². The first-order chi connectivity index (χ1) is 22.6. The minimum Gasteiger partial charge on any atom is -0.456 e. The summed E-state index contributed by atoms with van der Waals surface area (Å²) in [5.74, 6) is 3.30. The molecule has 1 aliphatic heterocycles. The molecule has 218 valence electrons. The highest BCUT2D eigenvalue weighted by molar-refractivity contribution is 5.90. The smallest absolute Gasteiger partial charge is 0.167 e. The number of hydrogen-bond acceptors (Lipinski definition) is 5. The van der Waals surface area contributed by atoms with Crippen LogP contribution in [0.1, 0.15) is 33.6 Å². The van der Waals surface area contributed by atoms with E-state index in [0.29, 0.717) is 17.5 Å². The van der Waals surface area contributed by atoms with Crippen LogP contribution < -0.4 is 4.74 Å². The zero-order valence-electron chi connectivity index (χ0n) is 25.4. The van der Waals surface area contributed by atoms with Crippen LogP contribution in [0.15, 0.2) is 133 Å². The second kappa shape index (κ2) is 10.0. The lowest BCUT2D eigenvalue weighted by Crippen LogP contribution is -2.32. The minimum absolute atomic E-state index is 0.551. The van der Waals surface area contributed by atoms with Crippen LogP contribution >= 0.6 is 0 Å². The Morgan fingerprint density at radius 1 is 0.435 bits per heavy atom. The molecule has 1 aliphatic carbocycles. The van der Waals surface area contributed by atoms with Crippen molar-refractivity contribution in [3.05, 3.63) is 167 Å². The molecular weight excluding hydrogens is 564 g/mol. The first-order valence-corrected chi connectivity index (χ1v) is 15.5. The zero-order chi connectivity index (χ0) is 30.8. The predicted molar refractivity (Wildman–Crippen MR) is 181 cm³/mol. The highest BCUT2D eigenvalue weighted by atomic mass is 16.5. The molecule has 3 heterocycles. The topological polar surface area (TPSA) is 60.8 Å². The maximum atomic E-state index is 6.90. The molecule has 0 bridgehead atoms. The van der Waals surface area contributed by atoms with Gasteiger partial charge in [0.1, 0.15) is 11.5 Å². The molecule has 46 heavy (non-hydrogen) atoms. The summed E-state index contributed by atoms with van der Waals surface area (Å²) in [5, 5.41) is 0. The summed E-state index contributed by atoms with van der Waals surface area (Å²) < 4.78 is 6.90. The van der Waals surface area contributed by atoms with Crippen LogP contribution in [-0.4, -0.2) is 19.9 Å². The maximum absolute atomic E-state index is 6.90. The normalized spacial score (nSPS) is 13.3. The third-order valence-corrected chi connectivity index (χ3v) is 9.25. The predicted octanol–water partition coefficient (Wildman–Crippen LogP) is 9.35. The Bertz CT molecular complexity index is 2280. The van der Waals surface area contributed by atoms with Gasteiger partial charge in [-0.05, 0) is 60.4 Å². The quantitative estimate of drug-likeness (QED) is 0.205. The van der Waals surface area contributed by atoms with Crippen molar-refractivity contribution in [2.45, 2.75) is 19.3 Å². The molecule has 0 unspecified atom stereocenters. The molecule has 0 fully saturated rings. The van der Waals surface area contributed by atoms with Crippen molar-refractivity contribution >= 4 is 0 Å². The van der Waals surface area contributed by atoms with Gasteiger partial charge in [0.05, 0.1) is 11.0 Å². The molecule has 0 saturated carbocycles. The molecule has 0 amide bonds. The van der Waals surface area contributed by atoms with Crippen molar-refractivity contribution in [2.24, 2.45) is 0 Å². The molecule has 0 radical (unpaired) electrons. The van der Waals surface area contributed by atoms with Crippen LogP contribution in [0, 0.1) is 13.8 Å². The number of rotatable bonds is 3. The molecule has 0 N–H and O–H groups in total. The number of para-hydroxylation sites is 2. The fraction of sp³-hybridized carbons (Fsp3) is 0.0732. The van der Waals surface area contributed by atoms with E-state index in [2.05, 4.69) is 84.9 Å². The number of nitrogens with zero attached hydrogens (tertiary/aromatic N) is 4. The highest BCUT2D eigenvalue weighted by Gasteiger charge is 2.51. The summed E-state index contributed by atoms with van der Waals surface area (Å²) in [6, 6.07) is 46.3. The van der Waals surface area contributed by atoms with Crippen LogP contribution in [0.4, 0.5) is 0 Å². The Labute approximate surface area is 267 Å². The monoisotopic (exact) mass is 592 g/mol. The van der Waals surface area contributed by atoms with Crippen molar-refractivity contribution in [1.29, 1.82) is 0 Å².